The van der Waals surface area contributed by atoms with Gasteiger partial charge in [-0.15, -0.1) is 23.1 Å². The van der Waals surface area contributed by atoms with Crippen LogP contribution in [0.5, 0.6) is 5.75 Å². The SMILES string of the molecule is CCOc1ccc(CNC(=O)c2ccc(N3CC(C)Sc4ccccc43)s2)cc1. The Morgan fingerprint density at radius 3 is 2.72 bits per heavy atom. The van der Waals surface area contributed by atoms with E-state index in [1.54, 1.807) is 11.3 Å². The van der Waals surface area contributed by atoms with E-state index in [1.807, 2.05) is 49.0 Å². The van der Waals surface area contributed by atoms with Crippen LogP contribution in [0.3, 0.4) is 0 Å². The molecule has 0 aliphatic carbocycles. The van der Waals surface area contributed by atoms with Crippen LogP contribution in [0.2, 0.25) is 0 Å². The molecule has 3 aromatic rings. The van der Waals surface area contributed by atoms with E-state index < -0.39 is 0 Å². The number of thiophene rings is 1. The van der Waals surface area contributed by atoms with Gasteiger partial charge in [-0.3, -0.25) is 4.79 Å². The minimum absolute atomic E-state index is 0.0390. The molecule has 2 heterocycles. The second-order valence-corrected chi connectivity index (χ2v) is 9.45. The third-order valence-corrected chi connectivity index (χ3v) is 6.95. The quantitative estimate of drug-likeness (QED) is 0.550. The van der Waals surface area contributed by atoms with E-state index in [0.29, 0.717) is 18.4 Å². The largest absolute Gasteiger partial charge is 0.494 e. The molecule has 0 radical (unpaired) electrons. The van der Waals surface area contributed by atoms with Crippen molar-refractivity contribution in [2.24, 2.45) is 0 Å². The minimum Gasteiger partial charge on any atom is -0.494 e. The second kappa shape index (κ2) is 8.93. The number of para-hydroxylation sites is 1. The van der Waals surface area contributed by atoms with Crippen molar-refractivity contribution in [2.45, 2.75) is 30.5 Å². The van der Waals surface area contributed by atoms with Crippen LogP contribution in [0.1, 0.15) is 29.1 Å². The number of carbonyl (C=O) groups is 1. The van der Waals surface area contributed by atoms with Gasteiger partial charge in [0.05, 0.1) is 22.2 Å². The molecule has 1 aliphatic rings. The van der Waals surface area contributed by atoms with E-state index in [9.17, 15) is 4.79 Å². The number of ether oxygens (including phenoxy) is 1. The fourth-order valence-electron chi connectivity index (χ4n) is 3.33. The molecule has 1 amide bonds. The van der Waals surface area contributed by atoms with Gasteiger partial charge in [0.1, 0.15) is 5.75 Å². The van der Waals surface area contributed by atoms with Crippen molar-refractivity contribution in [2.75, 3.05) is 18.1 Å². The summed E-state index contributed by atoms with van der Waals surface area (Å²) in [5.41, 5.74) is 2.27. The lowest BCUT2D eigenvalue weighted by atomic mass is 10.2. The number of thioether (sulfide) groups is 1. The van der Waals surface area contributed by atoms with Gasteiger partial charge < -0.3 is 15.0 Å². The third kappa shape index (κ3) is 4.60. The van der Waals surface area contributed by atoms with Gasteiger partial charge in [0.25, 0.3) is 5.91 Å². The number of fused-ring (bicyclic) bond motifs is 1. The van der Waals surface area contributed by atoms with E-state index in [0.717, 1.165) is 27.7 Å². The van der Waals surface area contributed by atoms with Crippen LogP contribution in [0.4, 0.5) is 10.7 Å². The zero-order valence-electron chi connectivity index (χ0n) is 16.6. The van der Waals surface area contributed by atoms with Crippen LogP contribution in [0.25, 0.3) is 0 Å². The zero-order valence-corrected chi connectivity index (χ0v) is 18.2. The van der Waals surface area contributed by atoms with Crippen molar-refractivity contribution in [3.8, 4) is 5.75 Å². The molecule has 1 N–H and O–H groups in total. The summed E-state index contributed by atoms with van der Waals surface area (Å²) in [7, 11) is 0. The summed E-state index contributed by atoms with van der Waals surface area (Å²) in [6.07, 6.45) is 0. The highest BCUT2D eigenvalue weighted by atomic mass is 32.2. The lowest BCUT2D eigenvalue weighted by Gasteiger charge is -2.33. The first kappa shape index (κ1) is 19.9. The number of anilines is 2. The summed E-state index contributed by atoms with van der Waals surface area (Å²) in [5, 5.41) is 4.63. The van der Waals surface area contributed by atoms with E-state index in [2.05, 4.69) is 47.5 Å². The van der Waals surface area contributed by atoms with Gasteiger partial charge in [0.2, 0.25) is 0 Å². The highest BCUT2D eigenvalue weighted by Crippen LogP contribution is 2.43. The normalized spacial score (nSPS) is 15.7. The number of hydrogen-bond acceptors (Lipinski definition) is 5. The molecule has 0 bridgehead atoms. The Bertz CT molecular complexity index is 985. The molecule has 4 nitrogen and oxygen atoms in total. The summed E-state index contributed by atoms with van der Waals surface area (Å²) in [6.45, 7) is 6.29. The molecule has 1 atom stereocenters. The molecular weight excluding hydrogens is 400 g/mol. The van der Waals surface area contributed by atoms with Gasteiger partial charge in [0, 0.05) is 23.2 Å². The van der Waals surface area contributed by atoms with Gasteiger partial charge in [-0.1, -0.05) is 31.2 Å². The lowest BCUT2D eigenvalue weighted by molar-refractivity contribution is 0.0955. The van der Waals surface area contributed by atoms with Crippen molar-refractivity contribution >= 4 is 39.7 Å². The van der Waals surface area contributed by atoms with E-state index in [-0.39, 0.29) is 5.91 Å². The van der Waals surface area contributed by atoms with Crippen molar-refractivity contribution in [1.29, 1.82) is 0 Å². The fourth-order valence-corrected chi connectivity index (χ4v) is 5.39. The monoisotopic (exact) mass is 424 g/mol. The number of hydrogen-bond donors (Lipinski definition) is 1. The number of carbonyl (C=O) groups excluding carboxylic acids is 1. The predicted molar refractivity (Wildman–Crippen MR) is 122 cm³/mol. The minimum atomic E-state index is -0.0390. The molecule has 2 aromatic carbocycles. The number of benzene rings is 2. The summed E-state index contributed by atoms with van der Waals surface area (Å²) >= 11 is 3.45. The van der Waals surface area contributed by atoms with Crippen molar-refractivity contribution in [1.82, 2.24) is 5.32 Å². The molecule has 6 heteroatoms. The number of nitrogens with zero attached hydrogens (tertiary/aromatic N) is 1. The predicted octanol–water partition coefficient (Wildman–Crippen LogP) is 5.71. The number of amides is 1. The first-order chi connectivity index (χ1) is 14.1. The van der Waals surface area contributed by atoms with Gasteiger partial charge in [-0.05, 0) is 48.9 Å². The van der Waals surface area contributed by atoms with E-state index in [4.69, 9.17) is 4.74 Å². The Kier molecular flexibility index (Phi) is 6.11. The molecule has 0 saturated carbocycles. The Morgan fingerprint density at radius 1 is 1.14 bits per heavy atom. The Morgan fingerprint density at radius 2 is 1.93 bits per heavy atom. The topological polar surface area (TPSA) is 41.6 Å². The lowest BCUT2D eigenvalue weighted by Crippen LogP contribution is -2.28. The maximum atomic E-state index is 12.6. The molecule has 29 heavy (non-hydrogen) atoms. The maximum absolute atomic E-state index is 12.6. The molecule has 1 aromatic heterocycles. The molecule has 4 rings (SSSR count). The maximum Gasteiger partial charge on any atom is 0.261 e. The average molecular weight is 425 g/mol. The van der Waals surface area contributed by atoms with Gasteiger partial charge >= 0.3 is 0 Å². The molecular formula is C23H24N2O2S2. The molecule has 0 spiro atoms. The standard InChI is InChI=1S/C23H24N2O2S2/c1-3-27-18-10-8-17(9-11-18)14-24-23(26)21-12-13-22(29-21)25-15-16(2)28-20-7-5-4-6-19(20)25/h4-13,16H,3,14-15H2,1-2H3,(H,24,26). The molecule has 1 aliphatic heterocycles. The summed E-state index contributed by atoms with van der Waals surface area (Å²) in [4.78, 5) is 17.0. The van der Waals surface area contributed by atoms with Crippen LogP contribution < -0.4 is 15.0 Å². The van der Waals surface area contributed by atoms with Crippen LogP contribution in [-0.2, 0) is 6.54 Å². The Labute approximate surface area is 179 Å². The Hall–Kier alpha value is -2.44. The zero-order chi connectivity index (χ0) is 20.2. The molecule has 0 fully saturated rings. The molecule has 0 saturated heterocycles. The van der Waals surface area contributed by atoms with Crippen LogP contribution >= 0.6 is 23.1 Å². The number of nitrogens with one attached hydrogen (secondary N) is 1. The summed E-state index contributed by atoms with van der Waals surface area (Å²) in [6, 6.07) is 20.3. The molecule has 1 unspecified atom stereocenters. The van der Waals surface area contributed by atoms with Crippen LogP contribution in [0, 0.1) is 0 Å². The van der Waals surface area contributed by atoms with Gasteiger partial charge in [-0.25, -0.2) is 0 Å². The first-order valence-electron chi connectivity index (χ1n) is 9.77. The van der Waals surface area contributed by atoms with Crippen molar-refractivity contribution in [3.05, 3.63) is 71.1 Å². The third-order valence-electron chi connectivity index (χ3n) is 4.69. The van der Waals surface area contributed by atoms with Crippen molar-refractivity contribution < 1.29 is 9.53 Å². The second-order valence-electron chi connectivity index (χ2n) is 6.90. The van der Waals surface area contributed by atoms with Gasteiger partial charge in [0.15, 0.2) is 0 Å². The van der Waals surface area contributed by atoms with Crippen LogP contribution in [0.15, 0.2) is 65.6 Å². The summed E-state index contributed by atoms with van der Waals surface area (Å²) in [5.74, 6) is 0.808. The molecule has 150 valence electrons. The fraction of sp³-hybridized carbons (Fsp3) is 0.261. The van der Waals surface area contributed by atoms with Gasteiger partial charge in [-0.2, -0.15) is 0 Å². The van der Waals surface area contributed by atoms with E-state index in [1.165, 1.54) is 10.6 Å². The van der Waals surface area contributed by atoms with Crippen molar-refractivity contribution in [3.63, 3.8) is 0 Å². The highest BCUT2D eigenvalue weighted by molar-refractivity contribution is 8.00. The average Bonchev–Trinajstić information content (AvgIpc) is 3.23. The summed E-state index contributed by atoms with van der Waals surface area (Å²) < 4.78 is 5.46. The number of rotatable bonds is 6. The van der Waals surface area contributed by atoms with E-state index >= 15 is 0 Å². The highest BCUT2D eigenvalue weighted by Gasteiger charge is 2.24. The Balaban J connectivity index is 1.43. The first-order valence-corrected chi connectivity index (χ1v) is 11.5. The van der Waals surface area contributed by atoms with Crippen LogP contribution in [-0.4, -0.2) is 24.3 Å². The smallest absolute Gasteiger partial charge is 0.261 e.